The molecular formula is C17H20FNO. The number of halogens is 1. The average Bonchev–Trinajstić information content (AvgIpc) is 2.47. The molecule has 0 fully saturated rings. The summed E-state index contributed by atoms with van der Waals surface area (Å²) < 4.78 is 18.8. The minimum Gasteiger partial charge on any atom is -0.496 e. The van der Waals surface area contributed by atoms with E-state index in [0.717, 1.165) is 5.56 Å². The van der Waals surface area contributed by atoms with Gasteiger partial charge in [0.25, 0.3) is 0 Å². The maximum absolute atomic E-state index is 13.5. The van der Waals surface area contributed by atoms with Crippen LogP contribution in [0.25, 0.3) is 0 Å². The normalized spacial score (nSPS) is 13.1. The number of nitrogens with two attached hydrogens (primary N) is 1. The maximum atomic E-state index is 13.5. The van der Waals surface area contributed by atoms with Gasteiger partial charge in [0.2, 0.25) is 0 Å². The lowest BCUT2D eigenvalue weighted by Crippen LogP contribution is -2.33. The molecule has 0 aromatic heterocycles. The summed E-state index contributed by atoms with van der Waals surface area (Å²) in [6.07, 6.45) is 0. The monoisotopic (exact) mass is 273 g/mol. The Morgan fingerprint density at radius 3 is 2.35 bits per heavy atom. The molecule has 0 spiro atoms. The van der Waals surface area contributed by atoms with Crippen LogP contribution in [0.5, 0.6) is 5.75 Å². The standard InChI is InChI=1S/C17H20FNO/c1-17(2,12-7-5-4-6-8-12)16(19)14-11-13(18)9-10-15(14)20-3/h4-11,16H,19H2,1-3H3. The maximum Gasteiger partial charge on any atom is 0.123 e. The van der Waals surface area contributed by atoms with E-state index in [1.807, 2.05) is 30.3 Å². The Kier molecular flexibility index (Phi) is 4.09. The van der Waals surface area contributed by atoms with Gasteiger partial charge in [0.05, 0.1) is 7.11 Å². The third-order valence-corrected chi connectivity index (χ3v) is 3.82. The first-order chi connectivity index (χ1) is 9.46. The molecule has 0 heterocycles. The quantitative estimate of drug-likeness (QED) is 0.919. The van der Waals surface area contributed by atoms with Crippen molar-refractivity contribution in [2.75, 3.05) is 7.11 Å². The van der Waals surface area contributed by atoms with E-state index in [4.69, 9.17) is 10.5 Å². The number of ether oxygens (including phenoxy) is 1. The molecule has 0 amide bonds. The lowest BCUT2D eigenvalue weighted by Gasteiger charge is -2.33. The number of methoxy groups -OCH3 is 1. The van der Waals surface area contributed by atoms with Crippen molar-refractivity contribution < 1.29 is 9.13 Å². The third-order valence-electron chi connectivity index (χ3n) is 3.82. The summed E-state index contributed by atoms with van der Waals surface area (Å²) in [7, 11) is 1.57. The number of hydrogen-bond acceptors (Lipinski definition) is 2. The van der Waals surface area contributed by atoms with Gasteiger partial charge in [-0.25, -0.2) is 4.39 Å². The minimum absolute atomic E-state index is 0.305. The summed E-state index contributed by atoms with van der Waals surface area (Å²) in [6, 6.07) is 14.1. The zero-order valence-electron chi connectivity index (χ0n) is 12.1. The second-order valence-corrected chi connectivity index (χ2v) is 5.45. The summed E-state index contributed by atoms with van der Waals surface area (Å²) >= 11 is 0. The lowest BCUT2D eigenvalue weighted by atomic mass is 9.75. The molecule has 0 radical (unpaired) electrons. The van der Waals surface area contributed by atoms with Gasteiger partial charge in [-0.15, -0.1) is 0 Å². The summed E-state index contributed by atoms with van der Waals surface area (Å²) in [4.78, 5) is 0. The molecule has 2 N–H and O–H groups in total. The predicted molar refractivity (Wildman–Crippen MR) is 79.3 cm³/mol. The van der Waals surface area contributed by atoms with E-state index in [9.17, 15) is 4.39 Å². The van der Waals surface area contributed by atoms with Crippen molar-refractivity contribution in [3.8, 4) is 5.75 Å². The highest BCUT2D eigenvalue weighted by Crippen LogP contribution is 2.38. The molecule has 1 unspecified atom stereocenters. The second-order valence-electron chi connectivity index (χ2n) is 5.45. The highest BCUT2D eigenvalue weighted by molar-refractivity contribution is 5.40. The molecule has 0 saturated heterocycles. The van der Waals surface area contributed by atoms with E-state index in [0.29, 0.717) is 11.3 Å². The van der Waals surface area contributed by atoms with Crippen LogP contribution in [0.1, 0.15) is 31.0 Å². The van der Waals surface area contributed by atoms with E-state index >= 15 is 0 Å². The Morgan fingerprint density at radius 2 is 1.75 bits per heavy atom. The summed E-state index contributed by atoms with van der Waals surface area (Å²) in [5, 5.41) is 0. The summed E-state index contributed by atoms with van der Waals surface area (Å²) in [5.41, 5.74) is 7.86. The van der Waals surface area contributed by atoms with E-state index in [1.54, 1.807) is 13.2 Å². The first-order valence-corrected chi connectivity index (χ1v) is 6.61. The topological polar surface area (TPSA) is 35.2 Å². The van der Waals surface area contributed by atoms with Gasteiger partial charge in [-0.05, 0) is 23.8 Å². The van der Waals surface area contributed by atoms with Gasteiger partial charge < -0.3 is 10.5 Å². The Morgan fingerprint density at radius 1 is 1.10 bits per heavy atom. The summed E-state index contributed by atoms with van der Waals surface area (Å²) in [6.45, 7) is 4.11. The van der Waals surface area contributed by atoms with Crippen LogP contribution in [-0.4, -0.2) is 7.11 Å². The second kappa shape index (κ2) is 5.63. The molecule has 0 aliphatic carbocycles. The van der Waals surface area contributed by atoms with Gasteiger partial charge in [0, 0.05) is 17.0 Å². The van der Waals surface area contributed by atoms with Crippen molar-refractivity contribution in [3.05, 3.63) is 65.5 Å². The zero-order valence-corrected chi connectivity index (χ0v) is 12.1. The van der Waals surface area contributed by atoms with Gasteiger partial charge in [0.15, 0.2) is 0 Å². The molecule has 106 valence electrons. The fraction of sp³-hybridized carbons (Fsp3) is 0.294. The van der Waals surface area contributed by atoms with Gasteiger partial charge in [-0.1, -0.05) is 44.2 Å². The highest BCUT2D eigenvalue weighted by Gasteiger charge is 2.31. The largest absolute Gasteiger partial charge is 0.496 e. The number of hydrogen-bond donors (Lipinski definition) is 1. The molecule has 3 heteroatoms. The van der Waals surface area contributed by atoms with Crippen LogP contribution in [0.4, 0.5) is 4.39 Å². The Balaban J connectivity index is 2.45. The lowest BCUT2D eigenvalue weighted by molar-refractivity contribution is 0.374. The van der Waals surface area contributed by atoms with Crippen molar-refractivity contribution in [2.24, 2.45) is 5.73 Å². The minimum atomic E-state index is -0.365. The Bertz CT molecular complexity index is 581. The van der Waals surface area contributed by atoms with Gasteiger partial charge >= 0.3 is 0 Å². The van der Waals surface area contributed by atoms with Crippen molar-refractivity contribution >= 4 is 0 Å². The zero-order chi connectivity index (χ0) is 14.8. The van der Waals surface area contributed by atoms with Gasteiger partial charge in [-0.3, -0.25) is 0 Å². The van der Waals surface area contributed by atoms with Gasteiger partial charge in [-0.2, -0.15) is 0 Å². The molecule has 2 aromatic rings. The molecule has 2 aromatic carbocycles. The van der Waals surface area contributed by atoms with Crippen molar-refractivity contribution in [1.29, 1.82) is 0 Å². The van der Waals surface area contributed by atoms with Crippen LogP contribution in [-0.2, 0) is 5.41 Å². The fourth-order valence-electron chi connectivity index (χ4n) is 2.38. The average molecular weight is 273 g/mol. The number of benzene rings is 2. The van der Waals surface area contributed by atoms with Crippen LogP contribution in [0.3, 0.4) is 0 Å². The van der Waals surface area contributed by atoms with E-state index < -0.39 is 0 Å². The van der Waals surface area contributed by atoms with Crippen LogP contribution in [0, 0.1) is 5.82 Å². The van der Waals surface area contributed by atoms with Crippen LogP contribution >= 0.6 is 0 Å². The molecular weight excluding hydrogens is 253 g/mol. The van der Waals surface area contributed by atoms with Crippen molar-refractivity contribution in [2.45, 2.75) is 25.3 Å². The first-order valence-electron chi connectivity index (χ1n) is 6.61. The molecule has 0 aliphatic heterocycles. The summed E-state index contributed by atoms with van der Waals surface area (Å²) in [5.74, 6) is 0.308. The van der Waals surface area contributed by atoms with Crippen molar-refractivity contribution in [3.63, 3.8) is 0 Å². The van der Waals surface area contributed by atoms with Crippen LogP contribution in [0.15, 0.2) is 48.5 Å². The third kappa shape index (κ3) is 2.68. The predicted octanol–water partition coefficient (Wildman–Crippen LogP) is 3.81. The molecule has 2 rings (SSSR count). The van der Waals surface area contributed by atoms with Gasteiger partial charge in [0.1, 0.15) is 11.6 Å². The fourth-order valence-corrected chi connectivity index (χ4v) is 2.38. The van der Waals surface area contributed by atoms with E-state index in [-0.39, 0.29) is 17.3 Å². The van der Waals surface area contributed by atoms with Crippen LogP contribution < -0.4 is 10.5 Å². The van der Waals surface area contributed by atoms with E-state index in [1.165, 1.54) is 12.1 Å². The highest BCUT2D eigenvalue weighted by atomic mass is 19.1. The Hall–Kier alpha value is -1.87. The van der Waals surface area contributed by atoms with E-state index in [2.05, 4.69) is 13.8 Å². The molecule has 0 saturated carbocycles. The smallest absolute Gasteiger partial charge is 0.123 e. The Labute approximate surface area is 119 Å². The molecule has 0 bridgehead atoms. The van der Waals surface area contributed by atoms with Crippen LogP contribution in [0.2, 0.25) is 0 Å². The first kappa shape index (κ1) is 14.5. The SMILES string of the molecule is COc1ccc(F)cc1C(N)C(C)(C)c1ccccc1. The number of rotatable bonds is 4. The molecule has 2 nitrogen and oxygen atoms in total. The van der Waals surface area contributed by atoms with Crippen molar-refractivity contribution in [1.82, 2.24) is 0 Å². The molecule has 0 aliphatic rings. The molecule has 20 heavy (non-hydrogen) atoms. The molecule has 1 atom stereocenters.